The number of nitrogens with two attached hydrogens (primary N) is 1. The van der Waals surface area contributed by atoms with E-state index >= 15 is 0 Å². The fraction of sp³-hybridized carbons (Fsp3) is 1.00. The van der Waals surface area contributed by atoms with Crippen molar-refractivity contribution in [3.63, 3.8) is 0 Å². The highest BCUT2D eigenvalue weighted by Gasteiger charge is 2.29. The van der Waals surface area contributed by atoms with Crippen LogP contribution in [0.1, 0.15) is 40.0 Å². The van der Waals surface area contributed by atoms with Crippen LogP contribution in [0.5, 0.6) is 0 Å². The predicted molar refractivity (Wildman–Crippen MR) is 70.0 cm³/mol. The molecular weight excluding hydrogens is 216 g/mol. The Morgan fingerprint density at radius 2 is 2.12 bits per heavy atom. The second kappa shape index (κ2) is 6.14. The van der Waals surface area contributed by atoms with Crippen LogP contribution in [0.25, 0.3) is 0 Å². The normalized spacial score (nSPS) is 24.5. The third kappa shape index (κ3) is 4.92. The molecule has 1 aliphatic rings. The minimum Gasteiger partial charge on any atom is -0.394 e. The van der Waals surface area contributed by atoms with Crippen LogP contribution in [0.15, 0.2) is 0 Å². The molecule has 0 aromatic rings. The molecule has 0 aromatic heterocycles. The first-order chi connectivity index (χ1) is 7.87. The predicted octanol–water partition coefficient (Wildman–Crippen LogP) is 0.977. The first-order valence-electron chi connectivity index (χ1n) is 6.60. The quantitative estimate of drug-likeness (QED) is 0.684. The largest absolute Gasteiger partial charge is 0.394 e. The summed E-state index contributed by atoms with van der Waals surface area (Å²) in [6.07, 6.45) is 3.09. The molecule has 4 nitrogen and oxygen atoms in total. The van der Waals surface area contributed by atoms with Gasteiger partial charge in [-0.05, 0) is 40.2 Å². The van der Waals surface area contributed by atoms with Crippen molar-refractivity contribution in [2.45, 2.75) is 51.1 Å². The molecule has 0 spiro atoms. The van der Waals surface area contributed by atoms with Crippen LogP contribution in [0.4, 0.5) is 0 Å². The molecule has 1 atom stereocenters. The van der Waals surface area contributed by atoms with E-state index in [9.17, 15) is 0 Å². The summed E-state index contributed by atoms with van der Waals surface area (Å²) in [7, 11) is 0. The Bertz CT molecular complexity index is 229. The lowest BCUT2D eigenvalue weighted by Crippen LogP contribution is -2.53. The maximum absolute atomic E-state index is 9.07. The van der Waals surface area contributed by atoms with E-state index in [1.165, 1.54) is 0 Å². The van der Waals surface area contributed by atoms with Gasteiger partial charge in [-0.15, -0.1) is 0 Å². The summed E-state index contributed by atoms with van der Waals surface area (Å²) in [5.74, 6) is 0. The van der Waals surface area contributed by atoms with Gasteiger partial charge in [-0.1, -0.05) is 6.42 Å². The van der Waals surface area contributed by atoms with Crippen molar-refractivity contribution in [3.8, 4) is 0 Å². The third-order valence-electron chi connectivity index (χ3n) is 3.60. The average Bonchev–Trinajstić information content (AvgIpc) is 2.26. The molecular formula is C13H28N2O2. The first kappa shape index (κ1) is 14.9. The van der Waals surface area contributed by atoms with Crippen molar-refractivity contribution < 1.29 is 9.84 Å². The number of hydrogen-bond donors (Lipinski definition) is 2. The Hall–Kier alpha value is -0.160. The molecule has 1 unspecified atom stereocenters. The Morgan fingerprint density at radius 1 is 1.41 bits per heavy atom. The molecule has 1 aliphatic heterocycles. The summed E-state index contributed by atoms with van der Waals surface area (Å²) in [4.78, 5) is 2.49. The first-order valence-corrected chi connectivity index (χ1v) is 6.60. The molecule has 0 amide bonds. The lowest BCUT2D eigenvalue weighted by atomic mass is 9.96. The fourth-order valence-electron chi connectivity index (χ4n) is 2.22. The molecule has 1 heterocycles. The van der Waals surface area contributed by atoms with Crippen LogP contribution >= 0.6 is 0 Å². The number of ether oxygens (including phenoxy) is 1. The van der Waals surface area contributed by atoms with E-state index in [1.807, 2.05) is 6.92 Å². The number of aliphatic hydroxyl groups excluding tert-OH is 1. The van der Waals surface area contributed by atoms with E-state index in [0.29, 0.717) is 0 Å². The lowest BCUT2D eigenvalue weighted by Gasteiger charge is -2.42. The topological polar surface area (TPSA) is 58.7 Å². The zero-order valence-corrected chi connectivity index (χ0v) is 11.5. The van der Waals surface area contributed by atoms with Crippen LogP contribution in [0.2, 0.25) is 0 Å². The summed E-state index contributed by atoms with van der Waals surface area (Å²) in [6.45, 7) is 10.2. The number of nitrogens with zero attached hydrogens (tertiary/aromatic N) is 1. The summed E-state index contributed by atoms with van der Waals surface area (Å²) in [6, 6.07) is 0. The lowest BCUT2D eigenvalue weighted by molar-refractivity contribution is -0.0514. The van der Waals surface area contributed by atoms with Gasteiger partial charge in [-0.25, -0.2) is 0 Å². The smallest absolute Gasteiger partial charge is 0.0645 e. The second-order valence-electron chi connectivity index (χ2n) is 6.12. The monoisotopic (exact) mass is 244 g/mol. The van der Waals surface area contributed by atoms with Crippen LogP contribution in [-0.4, -0.2) is 54.0 Å². The van der Waals surface area contributed by atoms with Gasteiger partial charge < -0.3 is 15.6 Å². The number of unbranched alkanes of at least 4 members (excludes halogenated alkanes) is 1. The van der Waals surface area contributed by atoms with E-state index in [0.717, 1.165) is 45.6 Å². The van der Waals surface area contributed by atoms with Crippen molar-refractivity contribution in [2.24, 2.45) is 5.73 Å². The molecule has 0 radical (unpaired) electrons. The molecule has 0 bridgehead atoms. The van der Waals surface area contributed by atoms with Crippen molar-refractivity contribution in [3.05, 3.63) is 0 Å². The zero-order valence-electron chi connectivity index (χ0n) is 11.5. The van der Waals surface area contributed by atoms with Gasteiger partial charge in [0.2, 0.25) is 0 Å². The molecule has 0 aromatic carbocycles. The SMILES string of the molecule is CC(N)(CO)CCCCN1CCOCC1(C)C. The van der Waals surface area contributed by atoms with Crippen molar-refractivity contribution >= 4 is 0 Å². The van der Waals surface area contributed by atoms with Crippen LogP contribution in [-0.2, 0) is 4.74 Å². The van der Waals surface area contributed by atoms with Crippen molar-refractivity contribution in [1.82, 2.24) is 4.90 Å². The van der Waals surface area contributed by atoms with Crippen molar-refractivity contribution in [1.29, 1.82) is 0 Å². The van der Waals surface area contributed by atoms with Crippen LogP contribution in [0.3, 0.4) is 0 Å². The summed E-state index contributed by atoms with van der Waals surface area (Å²) in [5.41, 5.74) is 5.64. The van der Waals surface area contributed by atoms with E-state index in [4.69, 9.17) is 15.6 Å². The number of morpholine rings is 1. The van der Waals surface area contributed by atoms with E-state index < -0.39 is 5.54 Å². The van der Waals surface area contributed by atoms with Crippen LogP contribution < -0.4 is 5.73 Å². The second-order valence-corrected chi connectivity index (χ2v) is 6.12. The van der Waals surface area contributed by atoms with Gasteiger partial charge in [0.1, 0.15) is 0 Å². The minimum atomic E-state index is -0.416. The van der Waals surface area contributed by atoms with Gasteiger partial charge >= 0.3 is 0 Å². The Labute approximate surface area is 105 Å². The number of aliphatic hydroxyl groups is 1. The highest BCUT2D eigenvalue weighted by molar-refractivity contribution is 4.84. The molecule has 102 valence electrons. The molecule has 3 N–H and O–H groups in total. The average molecular weight is 244 g/mol. The van der Waals surface area contributed by atoms with Gasteiger partial charge in [0.05, 0.1) is 19.8 Å². The van der Waals surface area contributed by atoms with Gasteiger partial charge in [-0.3, -0.25) is 4.90 Å². The standard InChI is InChI=1S/C13H28N2O2/c1-12(2)11-17-9-8-15(12)7-5-4-6-13(3,14)10-16/h16H,4-11,14H2,1-3H3. The van der Waals surface area contributed by atoms with E-state index in [1.54, 1.807) is 0 Å². The molecule has 1 saturated heterocycles. The molecule has 0 aliphatic carbocycles. The van der Waals surface area contributed by atoms with E-state index in [2.05, 4.69) is 18.7 Å². The molecule has 1 fully saturated rings. The Balaban J connectivity index is 2.22. The summed E-state index contributed by atoms with van der Waals surface area (Å²) < 4.78 is 5.50. The third-order valence-corrected chi connectivity index (χ3v) is 3.60. The highest BCUT2D eigenvalue weighted by atomic mass is 16.5. The Kier molecular flexibility index (Phi) is 5.38. The maximum Gasteiger partial charge on any atom is 0.0645 e. The highest BCUT2D eigenvalue weighted by Crippen LogP contribution is 2.20. The van der Waals surface area contributed by atoms with Gasteiger partial charge in [0.15, 0.2) is 0 Å². The molecule has 1 rings (SSSR count). The molecule has 17 heavy (non-hydrogen) atoms. The summed E-state index contributed by atoms with van der Waals surface area (Å²) in [5, 5.41) is 9.07. The zero-order chi connectivity index (χ0) is 12.9. The maximum atomic E-state index is 9.07. The van der Waals surface area contributed by atoms with Gasteiger partial charge in [0, 0.05) is 17.6 Å². The summed E-state index contributed by atoms with van der Waals surface area (Å²) >= 11 is 0. The van der Waals surface area contributed by atoms with Gasteiger partial charge in [0.25, 0.3) is 0 Å². The number of hydrogen-bond acceptors (Lipinski definition) is 4. The molecule has 0 saturated carbocycles. The molecule has 4 heteroatoms. The number of rotatable bonds is 6. The van der Waals surface area contributed by atoms with Gasteiger partial charge in [-0.2, -0.15) is 0 Å². The van der Waals surface area contributed by atoms with Crippen LogP contribution in [0, 0.1) is 0 Å². The fourth-order valence-corrected chi connectivity index (χ4v) is 2.22. The van der Waals surface area contributed by atoms with Crippen molar-refractivity contribution in [2.75, 3.05) is 32.9 Å². The van der Waals surface area contributed by atoms with E-state index in [-0.39, 0.29) is 12.1 Å². The minimum absolute atomic E-state index is 0.0655. The Morgan fingerprint density at radius 3 is 2.71 bits per heavy atom.